The minimum atomic E-state index is -0.0134. The van der Waals surface area contributed by atoms with E-state index in [-0.39, 0.29) is 17.7 Å². The van der Waals surface area contributed by atoms with Crippen LogP contribution in [0.25, 0.3) is 0 Å². The third-order valence-electron chi connectivity index (χ3n) is 6.93. The second-order valence-corrected chi connectivity index (χ2v) is 9.88. The van der Waals surface area contributed by atoms with Crippen molar-refractivity contribution in [1.29, 1.82) is 0 Å². The Kier molecular flexibility index (Phi) is 7.66. The molecule has 0 spiro atoms. The van der Waals surface area contributed by atoms with Crippen molar-refractivity contribution in [2.75, 3.05) is 32.7 Å². The molecule has 0 saturated carbocycles. The summed E-state index contributed by atoms with van der Waals surface area (Å²) in [6.07, 6.45) is 6.06. The predicted octanol–water partition coefficient (Wildman–Crippen LogP) is 3.33. The minimum Gasteiger partial charge on any atom is -0.390 e. The number of imidazole rings is 1. The van der Waals surface area contributed by atoms with Gasteiger partial charge >= 0.3 is 0 Å². The maximum atomic E-state index is 11.9. The summed E-state index contributed by atoms with van der Waals surface area (Å²) in [5.74, 6) is 2.06. The van der Waals surface area contributed by atoms with Crippen molar-refractivity contribution in [3.8, 4) is 0 Å². The van der Waals surface area contributed by atoms with Gasteiger partial charge in [0, 0.05) is 49.8 Å². The van der Waals surface area contributed by atoms with Gasteiger partial charge in [0.15, 0.2) is 5.15 Å². The van der Waals surface area contributed by atoms with Crippen LogP contribution < -0.4 is 11.1 Å². The van der Waals surface area contributed by atoms with Gasteiger partial charge in [0.25, 0.3) is 0 Å². The number of nitrogens with two attached hydrogens (primary N) is 1. The van der Waals surface area contributed by atoms with Crippen molar-refractivity contribution in [3.05, 3.63) is 39.8 Å². The van der Waals surface area contributed by atoms with E-state index in [2.05, 4.69) is 36.2 Å². The summed E-state index contributed by atoms with van der Waals surface area (Å²) in [6.45, 7) is 11.7. The standard InChI is InChI=1S/C23H33Cl2N7O/c1-15-13-18(33)28-16(2)19(15)23(27-14-26)31-9-5-17(6-10-31)22-29-20(24)21(25)32(22)12-11-30-7-3-4-8-30/h14-15,17H,2-13H2,1H3,(H2,26,27)(H,28,33)/b23-19+/t15-/m1/s1. The number of hydrogen-bond acceptors (Lipinski definition) is 5. The number of piperidine rings is 2. The number of likely N-dealkylation sites (tertiary alicyclic amines) is 2. The molecule has 4 heterocycles. The molecule has 0 radical (unpaired) electrons. The van der Waals surface area contributed by atoms with Gasteiger partial charge in [-0.1, -0.05) is 36.7 Å². The van der Waals surface area contributed by atoms with Crippen LogP contribution in [0.15, 0.2) is 28.7 Å². The van der Waals surface area contributed by atoms with Crippen molar-refractivity contribution >= 4 is 35.4 Å². The van der Waals surface area contributed by atoms with Crippen LogP contribution in [0.5, 0.6) is 0 Å². The highest BCUT2D eigenvalue weighted by molar-refractivity contribution is 6.40. The van der Waals surface area contributed by atoms with Gasteiger partial charge in [-0.15, -0.1) is 0 Å². The third-order valence-corrected chi connectivity index (χ3v) is 7.68. The van der Waals surface area contributed by atoms with E-state index >= 15 is 0 Å². The number of aromatic nitrogens is 2. The number of nitrogens with zero attached hydrogens (tertiary/aromatic N) is 5. The fourth-order valence-electron chi connectivity index (χ4n) is 5.25. The van der Waals surface area contributed by atoms with Crippen LogP contribution in [-0.4, -0.2) is 64.3 Å². The molecule has 0 aliphatic carbocycles. The van der Waals surface area contributed by atoms with Gasteiger partial charge in [0.1, 0.15) is 16.8 Å². The Bertz CT molecular complexity index is 956. The van der Waals surface area contributed by atoms with E-state index in [0.717, 1.165) is 69.3 Å². The quantitative estimate of drug-likeness (QED) is 0.468. The molecule has 3 N–H and O–H groups in total. The van der Waals surface area contributed by atoms with Gasteiger partial charge in [-0.2, -0.15) is 0 Å². The average Bonchev–Trinajstić information content (AvgIpc) is 3.40. The largest absolute Gasteiger partial charge is 0.390 e. The number of amides is 1. The normalized spacial score (nSPS) is 24.7. The summed E-state index contributed by atoms with van der Waals surface area (Å²) in [6, 6.07) is 0. The molecule has 1 atom stereocenters. The first-order valence-corrected chi connectivity index (χ1v) is 12.5. The lowest BCUT2D eigenvalue weighted by Gasteiger charge is -2.36. The summed E-state index contributed by atoms with van der Waals surface area (Å²) in [5, 5.41) is 3.76. The molecule has 4 rings (SSSR count). The van der Waals surface area contributed by atoms with E-state index in [4.69, 9.17) is 28.9 Å². The predicted molar refractivity (Wildman–Crippen MR) is 132 cm³/mol. The molecule has 1 amide bonds. The smallest absolute Gasteiger partial charge is 0.224 e. The number of carbonyl (C=O) groups excluding carboxylic acids is 1. The molecule has 0 bridgehead atoms. The average molecular weight is 494 g/mol. The number of rotatable bonds is 6. The molecule has 3 fully saturated rings. The Morgan fingerprint density at radius 1 is 1.24 bits per heavy atom. The van der Waals surface area contributed by atoms with Crippen LogP contribution >= 0.6 is 23.2 Å². The lowest BCUT2D eigenvalue weighted by molar-refractivity contribution is -0.121. The Morgan fingerprint density at radius 3 is 2.58 bits per heavy atom. The summed E-state index contributed by atoms with van der Waals surface area (Å²) in [5.41, 5.74) is 7.25. The zero-order chi connectivity index (χ0) is 23.5. The zero-order valence-electron chi connectivity index (χ0n) is 19.2. The molecular weight excluding hydrogens is 461 g/mol. The van der Waals surface area contributed by atoms with E-state index < -0.39 is 0 Å². The number of allylic oxidation sites excluding steroid dienone is 1. The van der Waals surface area contributed by atoms with Crippen LogP contribution in [0.3, 0.4) is 0 Å². The maximum absolute atomic E-state index is 11.9. The van der Waals surface area contributed by atoms with Crippen molar-refractivity contribution in [2.45, 2.75) is 51.5 Å². The van der Waals surface area contributed by atoms with Crippen molar-refractivity contribution in [1.82, 2.24) is 24.7 Å². The molecular formula is C23H33Cl2N7O. The van der Waals surface area contributed by atoms with E-state index in [1.165, 1.54) is 19.2 Å². The zero-order valence-corrected chi connectivity index (χ0v) is 20.7. The fourth-order valence-corrected chi connectivity index (χ4v) is 5.65. The number of hydrogen-bond donors (Lipinski definition) is 2. The van der Waals surface area contributed by atoms with Crippen LogP contribution in [0.1, 0.15) is 50.8 Å². The summed E-state index contributed by atoms with van der Waals surface area (Å²) < 4.78 is 2.10. The van der Waals surface area contributed by atoms with Gasteiger partial charge in [0.05, 0.1) is 6.34 Å². The van der Waals surface area contributed by atoms with Crippen molar-refractivity contribution < 1.29 is 4.79 Å². The van der Waals surface area contributed by atoms with Gasteiger partial charge in [-0.05, 0) is 44.7 Å². The monoisotopic (exact) mass is 493 g/mol. The lowest BCUT2D eigenvalue weighted by atomic mass is 9.89. The molecule has 8 nitrogen and oxygen atoms in total. The first kappa shape index (κ1) is 24.1. The highest BCUT2D eigenvalue weighted by Crippen LogP contribution is 2.36. The Hall–Kier alpha value is -2.03. The van der Waals surface area contributed by atoms with Gasteiger partial charge in [0.2, 0.25) is 5.91 Å². The van der Waals surface area contributed by atoms with Gasteiger partial charge in [-0.25, -0.2) is 9.98 Å². The summed E-state index contributed by atoms with van der Waals surface area (Å²) >= 11 is 12.9. The SMILES string of the molecule is C=C1NC(=O)C[C@@H](C)/C1=C(/N=C\N)N1CCC(c2nc(Cl)c(Cl)n2CCN2CCCC2)CC1. The number of aliphatic imine (C=N–C) groups is 1. The molecule has 3 aliphatic rings. The highest BCUT2D eigenvalue weighted by Gasteiger charge is 2.32. The fraction of sp³-hybridized carbons (Fsp3) is 0.609. The number of nitrogens with one attached hydrogen (secondary N) is 1. The second kappa shape index (κ2) is 10.5. The topological polar surface area (TPSA) is 91.8 Å². The van der Waals surface area contributed by atoms with Crippen molar-refractivity contribution in [3.63, 3.8) is 0 Å². The minimum absolute atomic E-state index is 0.0134. The Morgan fingerprint density at radius 2 is 1.94 bits per heavy atom. The number of carbonyl (C=O) groups is 1. The molecule has 1 aromatic heterocycles. The molecule has 0 aromatic carbocycles. The number of halogens is 2. The first-order chi connectivity index (χ1) is 15.9. The third kappa shape index (κ3) is 5.23. The molecule has 1 aromatic rings. The molecule has 0 unspecified atom stereocenters. The maximum Gasteiger partial charge on any atom is 0.224 e. The van der Waals surface area contributed by atoms with E-state index in [1.54, 1.807) is 0 Å². The van der Waals surface area contributed by atoms with Crippen LogP contribution in [0.4, 0.5) is 0 Å². The highest BCUT2D eigenvalue weighted by atomic mass is 35.5. The van der Waals surface area contributed by atoms with Gasteiger partial charge in [-0.3, -0.25) is 4.79 Å². The Labute approximate surface area is 205 Å². The lowest BCUT2D eigenvalue weighted by Crippen LogP contribution is -2.38. The van der Waals surface area contributed by atoms with E-state index in [1.807, 2.05) is 6.92 Å². The molecule has 180 valence electrons. The summed E-state index contributed by atoms with van der Waals surface area (Å²) in [4.78, 5) is 25.7. The van der Waals surface area contributed by atoms with Crippen molar-refractivity contribution in [2.24, 2.45) is 16.6 Å². The Balaban J connectivity index is 1.49. The van der Waals surface area contributed by atoms with Crippen LogP contribution in [0, 0.1) is 5.92 Å². The van der Waals surface area contributed by atoms with Gasteiger partial charge < -0.3 is 25.4 Å². The van der Waals surface area contributed by atoms with E-state index in [0.29, 0.717) is 22.4 Å². The van der Waals surface area contributed by atoms with E-state index in [9.17, 15) is 4.79 Å². The molecule has 3 aliphatic heterocycles. The molecule has 33 heavy (non-hydrogen) atoms. The van der Waals surface area contributed by atoms with Crippen LogP contribution in [0.2, 0.25) is 10.3 Å². The second-order valence-electron chi connectivity index (χ2n) is 9.16. The van der Waals surface area contributed by atoms with Crippen LogP contribution in [-0.2, 0) is 11.3 Å². The molecule has 10 heteroatoms. The first-order valence-electron chi connectivity index (χ1n) is 11.7. The molecule has 3 saturated heterocycles. The summed E-state index contributed by atoms with van der Waals surface area (Å²) in [7, 11) is 0.